The highest BCUT2D eigenvalue weighted by atomic mass is 16.5. The van der Waals surface area contributed by atoms with Crippen LogP contribution in [0.4, 0.5) is 4.79 Å². The molecule has 1 saturated heterocycles. The quantitative estimate of drug-likeness (QED) is 0.545. The monoisotopic (exact) mass is 457 g/mol. The van der Waals surface area contributed by atoms with E-state index >= 15 is 0 Å². The van der Waals surface area contributed by atoms with Gasteiger partial charge in [0.2, 0.25) is 11.7 Å². The minimum Gasteiger partial charge on any atom is -0.445 e. The maximum absolute atomic E-state index is 13.2. The van der Waals surface area contributed by atoms with Crippen molar-refractivity contribution in [3.8, 4) is 0 Å². The van der Waals surface area contributed by atoms with Crippen LogP contribution in [0.3, 0.4) is 0 Å². The molecule has 33 heavy (non-hydrogen) atoms. The highest BCUT2D eigenvalue weighted by Gasteiger charge is 2.39. The van der Waals surface area contributed by atoms with Gasteiger partial charge in [0.25, 0.3) is 5.91 Å². The van der Waals surface area contributed by atoms with Gasteiger partial charge in [-0.2, -0.15) is 0 Å². The number of ether oxygens (including phenoxy) is 1. The minimum atomic E-state index is -0.879. The normalized spacial score (nSPS) is 24.0. The van der Waals surface area contributed by atoms with E-state index in [1.165, 1.54) is 0 Å². The zero-order chi connectivity index (χ0) is 23.8. The number of alkyl carbamates (subject to hydrolysis) is 1. The van der Waals surface area contributed by atoms with E-state index in [9.17, 15) is 19.2 Å². The Morgan fingerprint density at radius 3 is 2.61 bits per heavy atom. The molecule has 8 nitrogen and oxygen atoms in total. The number of hydrogen-bond donors (Lipinski definition) is 3. The van der Waals surface area contributed by atoms with E-state index in [2.05, 4.69) is 16.0 Å². The SMILES string of the molecule is CC(C)CC(NC(=O)OCc1ccccc1)C(=O)NC1C(=O)C(=O)NCCC2CCCC1C2. The van der Waals surface area contributed by atoms with Crippen LogP contribution in [0.5, 0.6) is 0 Å². The first-order chi connectivity index (χ1) is 15.8. The minimum absolute atomic E-state index is 0.0752. The summed E-state index contributed by atoms with van der Waals surface area (Å²) in [4.78, 5) is 50.8. The summed E-state index contributed by atoms with van der Waals surface area (Å²) in [7, 11) is 0. The van der Waals surface area contributed by atoms with Crippen LogP contribution in [0.2, 0.25) is 0 Å². The van der Waals surface area contributed by atoms with Crippen molar-refractivity contribution < 1.29 is 23.9 Å². The molecule has 3 amide bonds. The molecule has 180 valence electrons. The molecule has 3 rings (SSSR count). The van der Waals surface area contributed by atoms with Gasteiger partial charge in [0.15, 0.2) is 0 Å². The average molecular weight is 458 g/mol. The summed E-state index contributed by atoms with van der Waals surface area (Å²) in [6.07, 6.45) is 4.19. The number of Topliss-reactive ketones (excluding diaryl/α,β-unsaturated/α-hetero) is 1. The highest BCUT2D eigenvalue weighted by Crippen LogP contribution is 2.34. The summed E-state index contributed by atoms with van der Waals surface area (Å²) in [6, 6.07) is 7.53. The molecule has 1 heterocycles. The van der Waals surface area contributed by atoms with Crippen LogP contribution in [-0.2, 0) is 25.7 Å². The molecule has 2 bridgehead atoms. The second-order valence-electron chi connectivity index (χ2n) is 9.58. The fourth-order valence-electron chi connectivity index (χ4n) is 4.78. The third-order valence-electron chi connectivity index (χ3n) is 6.47. The van der Waals surface area contributed by atoms with E-state index in [1.54, 1.807) is 0 Å². The van der Waals surface area contributed by atoms with Gasteiger partial charge >= 0.3 is 6.09 Å². The van der Waals surface area contributed by atoms with Crippen molar-refractivity contribution in [1.29, 1.82) is 0 Å². The van der Waals surface area contributed by atoms with Crippen LogP contribution in [0, 0.1) is 17.8 Å². The predicted molar refractivity (Wildman–Crippen MR) is 123 cm³/mol. The third-order valence-corrected chi connectivity index (χ3v) is 6.47. The van der Waals surface area contributed by atoms with E-state index in [4.69, 9.17) is 4.74 Å². The van der Waals surface area contributed by atoms with E-state index in [0.29, 0.717) is 18.9 Å². The number of hydrogen-bond acceptors (Lipinski definition) is 5. The number of rotatable bonds is 7. The van der Waals surface area contributed by atoms with Crippen LogP contribution < -0.4 is 16.0 Å². The Labute approximate surface area is 195 Å². The molecule has 2 fully saturated rings. The number of benzene rings is 1. The molecule has 0 aromatic heterocycles. The first-order valence-corrected chi connectivity index (χ1v) is 11.9. The second kappa shape index (κ2) is 11.8. The van der Waals surface area contributed by atoms with Crippen molar-refractivity contribution in [2.45, 2.75) is 71.1 Å². The molecular formula is C25H35N3O5. The molecule has 0 radical (unpaired) electrons. The van der Waals surface area contributed by atoms with Gasteiger partial charge in [-0.3, -0.25) is 14.4 Å². The first kappa shape index (κ1) is 24.7. The summed E-state index contributed by atoms with van der Waals surface area (Å²) in [5.74, 6) is -1.24. The lowest BCUT2D eigenvalue weighted by atomic mass is 9.76. The van der Waals surface area contributed by atoms with Gasteiger partial charge in [0, 0.05) is 6.54 Å². The largest absolute Gasteiger partial charge is 0.445 e. The lowest BCUT2D eigenvalue weighted by Crippen LogP contribution is -2.56. The van der Waals surface area contributed by atoms with Crippen LogP contribution in [0.15, 0.2) is 30.3 Å². The van der Waals surface area contributed by atoms with Crippen molar-refractivity contribution in [2.24, 2.45) is 17.8 Å². The number of amides is 3. The zero-order valence-electron chi connectivity index (χ0n) is 19.5. The lowest BCUT2D eigenvalue weighted by Gasteiger charge is -2.33. The van der Waals surface area contributed by atoms with Crippen LogP contribution in [-0.4, -0.2) is 42.3 Å². The number of carbonyl (C=O) groups is 4. The number of ketones is 1. The maximum Gasteiger partial charge on any atom is 0.408 e. The van der Waals surface area contributed by atoms with Crippen molar-refractivity contribution in [1.82, 2.24) is 16.0 Å². The molecule has 1 aliphatic heterocycles. The molecular weight excluding hydrogens is 422 g/mol. The Hall–Kier alpha value is -2.90. The summed E-state index contributed by atoms with van der Waals surface area (Å²) in [5.41, 5.74) is 0.839. The summed E-state index contributed by atoms with van der Waals surface area (Å²) in [5, 5.41) is 8.15. The summed E-state index contributed by atoms with van der Waals surface area (Å²) < 4.78 is 5.28. The van der Waals surface area contributed by atoms with Crippen LogP contribution in [0.1, 0.15) is 57.9 Å². The molecule has 3 N–H and O–H groups in total. The zero-order valence-corrected chi connectivity index (χ0v) is 19.5. The van der Waals surface area contributed by atoms with E-state index in [-0.39, 0.29) is 18.4 Å². The van der Waals surface area contributed by atoms with E-state index in [0.717, 1.165) is 37.7 Å². The molecule has 2 aliphatic rings. The first-order valence-electron chi connectivity index (χ1n) is 11.9. The molecule has 4 atom stereocenters. The Kier molecular flexibility index (Phi) is 8.86. The number of carbonyl (C=O) groups excluding carboxylic acids is 4. The summed E-state index contributed by atoms with van der Waals surface area (Å²) >= 11 is 0. The molecule has 1 saturated carbocycles. The third kappa shape index (κ3) is 7.30. The van der Waals surface area contributed by atoms with E-state index in [1.807, 2.05) is 44.2 Å². The standard InChI is InChI=1S/C25H35N3O5/c1-16(2)13-20(27-25(32)33-15-18-7-4-3-5-8-18)23(30)28-21-19-10-6-9-17(14-19)11-12-26-24(31)22(21)29/h3-5,7-8,16-17,19-21H,6,9-15H2,1-2H3,(H,26,31)(H,27,32)(H,28,30). The van der Waals surface area contributed by atoms with Gasteiger partial charge in [-0.15, -0.1) is 0 Å². The topological polar surface area (TPSA) is 114 Å². The molecule has 1 aromatic carbocycles. The van der Waals surface area contributed by atoms with Crippen LogP contribution >= 0.6 is 0 Å². The second-order valence-corrected chi connectivity index (χ2v) is 9.58. The fraction of sp³-hybridized carbons (Fsp3) is 0.600. The Morgan fingerprint density at radius 1 is 1.12 bits per heavy atom. The van der Waals surface area contributed by atoms with E-state index < -0.39 is 35.8 Å². The van der Waals surface area contributed by atoms with Crippen molar-refractivity contribution >= 4 is 23.7 Å². The van der Waals surface area contributed by atoms with Gasteiger partial charge in [0.1, 0.15) is 18.7 Å². The fourth-order valence-corrected chi connectivity index (χ4v) is 4.78. The van der Waals surface area contributed by atoms with Gasteiger partial charge in [-0.1, -0.05) is 57.0 Å². The van der Waals surface area contributed by atoms with Crippen molar-refractivity contribution in [3.63, 3.8) is 0 Å². The van der Waals surface area contributed by atoms with Gasteiger partial charge in [0.05, 0.1) is 0 Å². The molecule has 4 unspecified atom stereocenters. The maximum atomic E-state index is 13.2. The van der Waals surface area contributed by atoms with Crippen molar-refractivity contribution in [2.75, 3.05) is 6.54 Å². The number of nitrogens with one attached hydrogen (secondary N) is 3. The molecule has 0 spiro atoms. The smallest absolute Gasteiger partial charge is 0.408 e. The number of fused-ring (bicyclic) bond motifs is 2. The summed E-state index contributed by atoms with van der Waals surface area (Å²) in [6.45, 7) is 4.46. The van der Waals surface area contributed by atoms with Crippen LogP contribution in [0.25, 0.3) is 0 Å². The predicted octanol–water partition coefficient (Wildman–Crippen LogP) is 2.71. The lowest BCUT2D eigenvalue weighted by molar-refractivity contribution is -0.141. The van der Waals surface area contributed by atoms with Gasteiger partial charge in [-0.25, -0.2) is 4.79 Å². The average Bonchev–Trinajstić information content (AvgIpc) is 2.83. The molecule has 1 aliphatic carbocycles. The Bertz CT molecular complexity index is 842. The van der Waals surface area contributed by atoms with Gasteiger partial charge in [-0.05, 0) is 49.0 Å². The Balaban J connectivity index is 1.67. The Morgan fingerprint density at radius 2 is 1.88 bits per heavy atom. The van der Waals surface area contributed by atoms with Gasteiger partial charge < -0.3 is 20.7 Å². The molecule has 8 heteroatoms. The highest BCUT2D eigenvalue weighted by molar-refractivity contribution is 6.38. The van der Waals surface area contributed by atoms with Crippen molar-refractivity contribution in [3.05, 3.63) is 35.9 Å². The molecule has 1 aromatic rings.